The lowest BCUT2D eigenvalue weighted by Crippen LogP contribution is -2.07. The van der Waals surface area contributed by atoms with E-state index >= 15 is 0 Å². The van der Waals surface area contributed by atoms with Gasteiger partial charge in [0.2, 0.25) is 0 Å². The zero-order chi connectivity index (χ0) is 8.74. The highest BCUT2D eigenvalue weighted by molar-refractivity contribution is 7.86. The van der Waals surface area contributed by atoms with Crippen LogP contribution in [0.5, 0.6) is 0 Å². The highest BCUT2D eigenvalue weighted by atomic mass is 32.2. The Balaban J connectivity index is 3.39. The molecule has 0 bridgehead atoms. The van der Waals surface area contributed by atoms with Crippen molar-refractivity contribution < 1.29 is 12.6 Å². The van der Waals surface area contributed by atoms with Gasteiger partial charge in [-0.2, -0.15) is 8.42 Å². The topological polar surface area (TPSA) is 43.4 Å². The minimum atomic E-state index is -3.22. The van der Waals surface area contributed by atoms with Crippen LogP contribution in [0.25, 0.3) is 0 Å². The first kappa shape index (κ1) is 10.9. The molecule has 0 aromatic carbocycles. The zero-order valence-corrected chi connectivity index (χ0v) is 7.69. The Kier molecular flexibility index (Phi) is 5.50. The quantitative estimate of drug-likeness (QED) is 0.456. The van der Waals surface area contributed by atoms with Gasteiger partial charge in [0.15, 0.2) is 0 Å². The summed E-state index contributed by atoms with van der Waals surface area (Å²) < 4.78 is 25.7. The predicted octanol–water partition coefficient (Wildman–Crippen LogP) is 1.36. The molecule has 0 aliphatic rings. The van der Waals surface area contributed by atoms with E-state index in [1.54, 1.807) is 0 Å². The molecule has 0 rings (SSSR count). The second-order valence-corrected chi connectivity index (χ2v) is 4.20. The number of hydrogen-bond donors (Lipinski definition) is 0. The van der Waals surface area contributed by atoms with Gasteiger partial charge in [-0.1, -0.05) is 26.2 Å². The van der Waals surface area contributed by atoms with E-state index < -0.39 is 10.1 Å². The molecule has 67 valence electrons. The van der Waals surface area contributed by atoms with Crippen molar-refractivity contribution in [3.8, 4) is 0 Å². The van der Waals surface area contributed by atoms with E-state index in [9.17, 15) is 8.42 Å². The third-order valence-corrected chi connectivity index (χ3v) is 2.69. The van der Waals surface area contributed by atoms with Crippen LogP contribution in [0.4, 0.5) is 0 Å². The van der Waals surface area contributed by atoms with E-state index in [1.165, 1.54) is 7.11 Å². The van der Waals surface area contributed by atoms with Gasteiger partial charge in [-0.3, -0.25) is 4.18 Å². The molecule has 0 saturated heterocycles. The molecule has 0 N–H and O–H groups in total. The third-order valence-electron chi connectivity index (χ3n) is 1.40. The average Bonchev–Trinajstić information content (AvgIpc) is 1.99. The Morgan fingerprint density at radius 2 is 1.91 bits per heavy atom. The molecule has 0 amide bonds. The van der Waals surface area contributed by atoms with E-state index in [4.69, 9.17) is 0 Å². The maximum absolute atomic E-state index is 10.7. The van der Waals surface area contributed by atoms with Crippen molar-refractivity contribution in [3.63, 3.8) is 0 Å². The molecule has 0 spiro atoms. The van der Waals surface area contributed by atoms with Crippen molar-refractivity contribution in [2.24, 2.45) is 0 Å². The lowest BCUT2D eigenvalue weighted by Gasteiger charge is -1.99. The van der Waals surface area contributed by atoms with E-state index in [0.717, 1.165) is 19.3 Å². The van der Waals surface area contributed by atoms with Crippen molar-refractivity contribution in [2.45, 2.75) is 25.7 Å². The summed E-state index contributed by atoms with van der Waals surface area (Å²) in [6.45, 7) is 3.66. The van der Waals surface area contributed by atoms with Crippen LogP contribution in [-0.4, -0.2) is 21.3 Å². The second-order valence-electron chi connectivity index (χ2n) is 2.34. The van der Waals surface area contributed by atoms with Crippen LogP contribution in [-0.2, 0) is 14.3 Å². The maximum atomic E-state index is 10.7. The minimum absolute atomic E-state index is 0.128. The van der Waals surface area contributed by atoms with E-state index in [2.05, 4.69) is 11.1 Å². The molecule has 0 aromatic heterocycles. The van der Waals surface area contributed by atoms with Crippen LogP contribution >= 0.6 is 0 Å². The molecule has 3 nitrogen and oxygen atoms in total. The zero-order valence-electron chi connectivity index (χ0n) is 6.88. The summed E-state index contributed by atoms with van der Waals surface area (Å²) in [6.07, 6.45) is 3.43. The summed E-state index contributed by atoms with van der Waals surface area (Å²) in [5, 5.41) is 0. The molecule has 0 fully saturated rings. The van der Waals surface area contributed by atoms with Gasteiger partial charge in [0, 0.05) is 0 Å². The molecule has 0 aromatic rings. The van der Waals surface area contributed by atoms with Gasteiger partial charge in [0.25, 0.3) is 10.1 Å². The fraction of sp³-hybridized carbons (Fsp3) is 0.857. The summed E-state index contributed by atoms with van der Waals surface area (Å²) in [7, 11) is -2.03. The van der Waals surface area contributed by atoms with Gasteiger partial charge in [-0.15, -0.1) is 0 Å². The molecule has 0 saturated carbocycles. The van der Waals surface area contributed by atoms with Gasteiger partial charge in [0.05, 0.1) is 12.9 Å². The lowest BCUT2D eigenvalue weighted by atomic mass is 10.2. The Bertz CT molecular complexity index is 172. The van der Waals surface area contributed by atoms with Crippen molar-refractivity contribution >= 4 is 10.1 Å². The van der Waals surface area contributed by atoms with Crippen molar-refractivity contribution in [2.75, 3.05) is 12.9 Å². The lowest BCUT2D eigenvalue weighted by molar-refractivity contribution is 0.396. The Morgan fingerprint density at radius 1 is 1.27 bits per heavy atom. The first-order chi connectivity index (χ1) is 5.12. The van der Waals surface area contributed by atoms with Gasteiger partial charge in [-0.05, 0) is 6.42 Å². The summed E-state index contributed by atoms with van der Waals surface area (Å²) in [5.41, 5.74) is 0. The standard InChI is InChI=1S/C7H15O3S/c1-3-4-5-6-7-11(8,9)10-2/h1,3-7H2,2H3. The molecule has 0 atom stereocenters. The molecule has 0 heterocycles. The van der Waals surface area contributed by atoms with Crippen LogP contribution in [0.15, 0.2) is 0 Å². The fourth-order valence-corrected chi connectivity index (χ4v) is 1.44. The summed E-state index contributed by atoms with van der Waals surface area (Å²) >= 11 is 0. The van der Waals surface area contributed by atoms with Crippen LogP contribution in [0, 0.1) is 6.92 Å². The molecule has 0 aliphatic carbocycles. The Hall–Kier alpha value is -0.0900. The molecule has 0 aliphatic heterocycles. The summed E-state index contributed by atoms with van der Waals surface area (Å²) in [5.74, 6) is 0.128. The van der Waals surface area contributed by atoms with Gasteiger partial charge >= 0.3 is 0 Å². The normalized spacial score (nSPS) is 11.8. The molecule has 1 radical (unpaired) electrons. The SMILES string of the molecule is [CH2]CCCCCS(=O)(=O)OC. The predicted molar refractivity (Wildman–Crippen MR) is 44.6 cm³/mol. The summed E-state index contributed by atoms with van der Waals surface area (Å²) in [4.78, 5) is 0. The van der Waals surface area contributed by atoms with Crippen LogP contribution in [0.1, 0.15) is 25.7 Å². The highest BCUT2D eigenvalue weighted by Gasteiger charge is 2.06. The van der Waals surface area contributed by atoms with Gasteiger partial charge < -0.3 is 0 Å². The van der Waals surface area contributed by atoms with Crippen molar-refractivity contribution in [1.82, 2.24) is 0 Å². The van der Waals surface area contributed by atoms with Gasteiger partial charge in [-0.25, -0.2) is 0 Å². The van der Waals surface area contributed by atoms with E-state index in [-0.39, 0.29) is 5.75 Å². The average molecular weight is 179 g/mol. The Labute approximate surface area is 68.9 Å². The molecular weight excluding hydrogens is 164 g/mol. The van der Waals surface area contributed by atoms with E-state index in [1.807, 2.05) is 0 Å². The van der Waals surface area contributed by atoms with Crippen LogP contribution in [0.3, 0.4) is 0 Å². The second kappa shape index (κ2) is 5.55. The third kappa shape index (κ3) is 6.31. The monoisotopic (exact) mass is 179 g/mol. The molecule has 0 unspecified atom stereocenters. The smallest absolute Gasteiger partial charge is 0.267 e. The molecule has 4 heteroatoms. The van der Waals surface area contributed by atoms with Crippen molar-refractivity contribution in [1.29, 1.82) is 0 Å². The summed E-state index contributed by atoms with van der Waals surface area (Å²) in [6, 6.07) is 0. The minimum Gasteiger partial charge on any atom is -0.273 e. The number of hydrogen-bond acceptors (Lipinski definition) is 3. The van der Waals surface area contributed by atoms with Crippen LogP contribution in [0.2, 0.25) is 0 Å². The van der Waals surface area contributed by atoms with Gasteiger partial charge in [0.1, 0.15) is 0 Å². The maximum Gasteiger partial charge on any atom is 0.267 e. The highest BCUT2D eigenvalue weighted by Crippen LogP contribution is 2.02. The van der Waals surface area contributed by atoms with Crippen LogP contribution < -0.4 is 0 Å². The molecular formula is C7H15O3S. The first-order valence-electron chi connectivity index (χ1n) is 3.70. The van der Waals surface area contributed by atoms with E-state index in [0.29, 0.717) is 6.42 Å². The largest absolute Gasteiger partial charge is 0.273 e. The number of unbranched alkanes of at least 4 members (excludes halogenated alkanes) is 3. The first-order valence-corrected chi connectivity index (χ1v) is 5.27. The fourth-order valence-electron chi connectivity index (χ4n) is 0.716. The Morgan fingerprint density at radius 3 is 2.36 bits per heavy atom. The molecule has 11 heavy (non-hydrogen) atoms. The van der Waals surface area contributed by atoms with Crippen molar-refractivity contribution in [3.05, 3.63) is 6.92 Å². The number of rotatable bonds is 6.